The minimum Gasteiger partial charge on any atom is -0.292 e. The zero-order valence-electron chi connectivity index (χ0n) is 18.3. The molecular formula is C27H20FN3O3. The maximum Gasteiger partial charge on any atom is 0.240 e. The number of anilines is 1. The van der Waals surface area contributed by atoms with Crippen molar-refractivity contribution in [2.45, 2.75) is 19.0 Å². The van der Waals surface area contributed by atoms with Gasteiger partial charge in [0, 0.05) is 5.56 Å². The molecule has 0 radical (unpaired) electrons. The first kappa shape index (κ1) is 20.5. The summed E-state index contributed by atoms with van der Waals surface area (Å²) in [6.07, 6.45) is 1.66. The number of rotatable bonds is 3. The molecule has 0 aliphatic carbocycles. The van der Waals surface area contributed by atoms with Gasteiger partial charge in [-0.25, -0.2) is 9.29 Å². The highest BCUT2D eigenvalue weighted by Crippen LogP contribution is 2.53. The van der Waals surface area contributed by atoms with Crippen LogP contribution in [0.5, 0.6) is 0 Å². The number of carbonyl (C=O) groups is 3. The van der Waals surface area contributed by atoms with E-state index in [2.05, 4.69) is 5.10 Å². The highest BCUT2D eigenvalue weighted by atomic mass is 19.1. The molecule has 0 N–H and O–H groups in total. The summed E-state index contributed by atoms with van der Waals surface area (Å²) in [6.45, 7) is 1.93. The van der Waals surface area contributed by atoms with Crippen molar-refractivity contribution in [1.29, 1.82) is 0 Å². The molecular weight excluding hydrogens is 433 g/mol. The Balaban J connectivity index is 1.49. The summed E-state index contributed by atoms with van der Waals surface area (Å²) in [5, 5.41) is 6.13. The zero-order chi connectivity index (χ0) is 23.6. The third-order valence-electron chi connectivity index (χ3n) is 6.98. The number of carbonyl (C=O) groups excluding carboxylic acids is 3. The molecule has 0 spiro atoms. The van der Waals surface area contributed by atoms with Gasteiger partial charge < -0.3 is 0 Å². The van der Waals surface area contributed by atoms with Gasteiger partial charge in [-0.1, -0.05) is 42.0 Å². The van der Waals surface area contributed by atoms with Crippen molar-refractivity contribution in [2.75, 3.05) is 4.90 Å². The van der Waals surface area contributed by atoms with Gasteiger partial charge in [-0.15, -0.1) is 0 Å². The molecule has 34 heavy (non-hydrogen) atoms. The highest BCUT2D eigenvalue weighted by molar-refractivity contribution is 6.24. The summed E-state index contributed by atoms with van der Waals surface area (Å²) in [4.78, 5) is 42.4. The van der Waals surface area contributed by atoms with Gasteiger partial charge in [0.05, 0.1) is 29.8 Å². The second kappa shape index (κ2) is 7.45. The molecule has 2 amide bonds. The number of amides is 2. The van der Waals surface area contributed by atoms with Crippen LogP contribution >= 0.6 is 0 Å². The summed E-state index contributed by atoms with van der Waals surface area (Å²) < 4.78 is 13.5. The van der Waals surface area contributed by atoms with Crippen LogP contribution in [-0.4, -0.2) is 34.9 Å². The van der Waals surface area contributed by atoms with Crippen molar-refractivity contribution < 1.29 is 18.8 Å². The molecule has 2 fully saturated rings. The van der Waals surface area contributed by atoms with Gasteiger partial charge in [0.15, 0.2) is 5.78 Å². The van der Waals surface area contributed by atoms with Gasteiger partial charge in [0.2, 0.25) is 11.8 Å². The average molecular weight is 453 g/mol. The molecule has 4 atom stereocenters. The second-order valence-electron chi connectivity index (χ2n) is 8.91. The lowest BCUT2D eigenvalue weighted by Crippen LogP contribution is -2.44. The van der Waals surface area contributed by atoms with Gasteiger partial charge >= 0.3 is 0 Å². The SMILES string of the molecule is Cc1ccc(N2C(=O)[C@@H]3[C@H](C2=O)[C@H]2c4ccccc4C=NN2[C@H]3C(=O)c2ccc(F)cc2)cc1. The number of hydrogen-bond donors (Lipinski definition) is 0. The van der Waals surface area contributed by atoms with Crippen LogP contribution in [0.4, 0.5) is 10.1 Å². The van der Waals surface area contributed by atoms with Crippen LogP contribution < -0.4 is 4.90 Å². The van der Waals surface area contributed by atoms with Gasteiger partial charge in [-0.3, -0.25) is 19.4 Å². The molecule has 3 heterocycles. The Morgan fingerprint density at radius 3 is 2.29 bits per heavy atom. The van der Waals surface area contributed by atoms with Crippen molar-refractivity contribution in [2.24, 2.45) is 16.9 Å². The fraction of sp³-hybridized carbons (Fsp3) is 0.185. The number of hydrogen-bond acceptors (Lipinski definition) is 5. The predicted molar refractivity (Wildman–Crippen MR) is 124 cm³/mol. The molecule has 6 rings (SSSR count). The molecule has 3 aliphatic rings. The van der Waals surface area contributed by atoms with Crippen molar-refractivity contribution >= 4 is 29.5 Å². The first-order chi connectivity index (χ1) is 16.5. The van der Waals surface area contributed by atoms with Crippen LogP contribution in [0, 0.1) is 24.6 Å². The Hall–Kier alpha value is -4.13. The lowest BCUT2D eigenvalue weighted by molar-refractivity contribution is -0.124. The number of nitrogens with zero attached hydrogens (tertiary/aromatic N) is 3. The van der Waals surface area contributed by atoms with Crippen molar-refractivity contribution in [1.82, 2.24) is 5.01 Å². The topological polar surface area (TPSA) is 70.1 Å². The molecule has 0 bridgehead atoms. The van der Waals surface area contributed by atoms with E-state index in [0.29, 0.717) is 5.69 Å². The van der Waals surface area contributed by atoms with E-state index in [0.717, 1.165) is 16.7 Å². The smallest absolute Gasteiger partial charge is 0.240 e. The van der Waals surface area contributed by atoms with Crippen LogP contribution in [0.2, 0.25) is 0 Å². The molecule has 168 valence electrons. The van der Waals surface area contributed by atoms with Crippen LogP contribution in [0.3, 0.4) is 0 Å². The summed E-state index contributed by atoms with van der Waals surface area (Å²) in [5.74, 6) is -3.24. The van der Waals surface area contributed by atoms with E-state index >= 15 is 0 Å². The molecule has 0 saturated carbocycles. The first-order valence-electron chi connectivity index (χ1n) is 11.1. The van der Waals surface area contributed by atoms with E-state index in [9.17, 15) is 18.8 Å². The fourth-order valence-corrected chi connectivity index (χ4v) is 5.40. The van der Waals surface area contributed by atoms with E-state index in [1.165, 1.54) is 29.2 Å². The second-order valence-corrected chi connectivity index (χ2v) is 8.91. The summed E-state index contributed by atoms with van der Waals surface area (Å²) in [5.41, 5.74) is 3.48. The molecule has 6 nitrogen and oxygen atoms in total. The first-order valence-corrected chi connectivity index (χ1v) is 11.1. The van der Waals surface area contributed by atoms with Crippen LogP contribution in [-0.2, 0) is 9.59 Å². The van der Waals surface area contributed by atoms with Crippen molar-refractivity contribution in [3.8, 4) is 0 Å². The summed E-state index contributed by atoms with van der Waals surface area (Å²) >= 11 is 0. The van der Waals surface area contributed by atoms with E-state index in [1.807, 2.05) is 43.3 Å². The van der Waals surface area contributed by atoms with Crippen LogP contribution in [0.25, 0.3) is 0 Å². The Morgan fingerprint density at radius 1 is 0.882 bits per heavy atom. The molecule has 3 aromatic carbocycles. The van der Waals surface area contributed by atoms with E-state index in [-0.39, 0.29) is 17.3 Å². The van der Waals surface area contributed by atoms with E-state index in [1.54, 1.807) is 23.4 Å². The maximum atomic E-state index is 13.8. The number of imide groups is 1. The standard InChI is InChI=1S/C27H20FN3O3/c1-15-6-12-19(13-7-15)30-26(33)21-22(27(30)34)24(25(32)16-8-10-18(28)11-9-16)31-23(21)20-5-3-2-4-17(20)14-29-31/h2-14,21-24H,1H3/t21-,22+,23+,24+/m0/s1. The molecule has 3 aliphatic heterocycles. The third kappa shape index (κ3) is 2.86. The van der Waals surface area contributed by atoms with Gasteiger partial charge in [-0.05, 0) is 54.4 Å². The number of aryl methyl sites for hydroxylation is 1. The van der Waals surface area contributed by atoms with Gasteiger partial charge in [0.1, 0.15) is 11.9 Å². The number of benzene rings is 3. The zero-order valence-corrected chi connectivity index (χ0v) is 18.3. The number of halogens is 1. The van der Waals surface area contributed by atoms with Gasteiger partial charge in [-0.2, -0.15) is 5.10 Å². The Kier molecular flexibility index (Phi) is 4.49. The monoisotopic (exact) mass is 453 g/mol. The normalized spacial score (nSPS) is 24.8. The summed E-state index contributed by atoms with van der Waals surface area (Å²) in [6, 6.07) is 18.5. The average Bonchev–Trinajstić information content (AvgIpc) is 3.32. The highest BCUT2D eigenvalue weighted by Gasteiger charge is 2.65. The molecule has 7 heteroatoms. The third-order valence-corrected chi connectivity index (χ3v) is 6.98. The van der Waals surface area contributed by atoms with Gasteiger partial charge in [0.25, 0.3) is 0 Å². The summed E-state index contributed by atoms with van der Waals surface area (Å²) in [7, 11) is 0. The fourth-order valence-electron chi connectivity index (χ4n) is 5.40. The Labute approximate surface area is 195 Å². The van der Waals surface area contributed by atoms with E-state index in [4.69, 9.17) is 0 Å². The number of hydrazone groups is 1. The Morgan fingerprint density at radius 2 is 1.56 bits per heavy atom. The number of ketones is 1. The van der Waals surface area contributed by atoms with Crippen LogP contribution in [0.15, 0.2) is 77.9 Å². The predicted octanol–water partition coefficient (Wildman–Crippen LogP) is 3.90. The van der Waals surface area contributed by atoms with Crippen LogP contribution in [0.1, 0.15) is 33.1 Å². The largest absolute Gasteiger partial charge is 0.292 e. The Bertz CT molecular complexity index is 1370. The molecule has 0 unspecified atom stereocenters. The lowest BCUT2D eigenvalue weighted by Gasteiger charge is -2.33. The van der Waals surface area contributed by atoms with E-state index < -0.39 is 35.6 Å². The number of Topliss-reactive ketones (excluding diaryl/α,β-unsaturated/α-hetero) is 1. The maximum absolute atomic E-state index is 13.8. The lowest BCUT2D eigenvalue weighted by atomic mass is 9.83. The minimum absolute atomic E-state index is 0.272. The molecule has 2 saturated heterocycles. The minimum atomic E-state index is -0.975. The van der Waals surface area contributed by atoms with Crippen molar-refractivity contribution in [3.63, 3.8) is 0 Å². The number of fused-ring (bicyclic) bond motifs is 5. The quantitative estimate of drug-likeness (QED) is 0.446. The molecule has 0 aromatic heterocycles. The molecule has 3 aromatic rings. The van der Waals surface area contributed by atoms with Crippen molar-refractivity contribution in [3.05, 3.63) is 101 Å².